The van der Waals surface area contributed by atoms with Crippen LogP contribution in [-0.2, 0) is 4.74 Å². The van der Waals surface area contributed by atoms with E-state index in [1.807, 2.05) is 0 Å². The summed E-state index contributed by atoms with van der Waals surface area (Å²) in [7, 11) is 0. The van der Waals surface area contributed by atoms with Gasteiger partial charge in [-0.1, -0.05) is 19.1 Å². The van der Waals surface area contributed by atoms with Gasteiger partial charge in [0.2, 0.25) is 0 Å². The van der Waals surface area contributed by atoms with E-state index in [4.69, 9.17) is 4.74 Å². The van der Waals surface area contributed by atoms with E-state index in [1.54, 1.807) is 0 Å². The molecule has 0 bridgehead atoms. The maximum absolute atomic E-state index is 5.76. The van der Waals surface area contributed by atoms with Gasteiger partial charge in [-0.25, -0.2) is 0 Å². The highest BCUT2D eigenvalue weighted by Gasteiger charge is 2.19. The highest BCUT2D eigenvalue weighted by molar-refractivity contribution is 5.02. The third-order valence-corrected chi connectivity index (χ3v) is 3.01. The minimum absolute atomic E-state index is 0.438. The highest BCUT2D eigenvalue weighted by atomic mass is 16.5. The van der Waals surface area contributed by atoms with Crippen LogP contribution < -0.4 is 5.32 Å². The van der Waals surface area contributed by atoms with Crippen LogP contribution in [0.15, 0.2) is 12.2 Å². The van der Waals surface area contributed by atoms with Gasteiger partial charge in [-0.05, 0) is 45.6 Å². The van der Waals surface area contributed by atoms with Gasteiger partial charge in [-0.2, -0.15) is 0 Å². The Bertz CT molecular complexity index is 185. The zero-order valence-electron chi connectivity index (χ0n) is 10.2. The normalized spacial score (nSPS) is 23.7. The molecule has 15 heavy (non-hydrogen) atoms. The van der Waals surface area contributed by atoms with E-state index < -0.39 is 0 Å². The topological polar surface area (TPSA) is 21.3 Å². The SMILES string of the molecule is C=C(C)C(CC1CCCCO1)NCCC. The molecule has 0 radical (unpaired) electrons. The average Bonchev–Trinajstić information content (AvgIpc) is 2.25. The van der Waals surface area contributed by atoms with Gasteiger partial charge in [0, 0.05) is 12.6 Å². The van der Waals surface area contributed by atoms with Gasteiger partial charge in [0.15, 0.2) is 0 Å². The van der Waals surface area contributed by atoms with Crippen molar-refractivity contribution in [3.05, 3.63) is 12.2 Å². The fourth-order valence-corrected chi connectivity index (χ4v) is 2.03. The van der Waals surface area contributed by atoms with E-state index in [0.717, 1.165) is 19.6 Å². The molecule has 1 rings (SSSR count). The second-order valence-corrected chi connectivity index (χ2v) is 4.58. The molecule has 0 saturated carbocycles. The number of rotatable bonds is 6. The van der Waals surface area contributed by atoms with Crippen molar-refractivity contribution in [2.45, 2.75) is 58.1 Å². The molecule has 0 amide bonds. The molecule has 2 nitrogen and oxygen atoms in total. The Kier molecular flexibility index (Phi) is 5.96. The molecule has 1 N–H and O–H groups in total. The first-order chi connectivity index (χ1) is 7.24. The predicted octanol–water partition coefficient (Wildman–Crippen LogP) is 2.89. The smallest absolute Gasteiger partial charge is 0.0593 e. The minimum Gasteiger partial charge on any atom is -0.378 e. The largest absolute Gasteiger partial charge is 0.378 e. The van der Waals surface area contributed by atoms with Crippen molar-refractivity contribution >= 4 is 0 Å². The molecule has 2 atom stereocenters. The lowest BCUT2D eigenvalue weighted by Gasteiger charge is -2.27. The van der Waals surface area contributed by atoms with Crippen LogP contribution in [0.4, 0.5) is 0 Å². The fraction of sp³-hybridized carbons (Fsp3) is 0.846. The zero-order valence-corrected chi connectivity index (χ0v) is 10.2. The Morgan fingerprint density at radius 2 is 2.33 bits per heavy atom. The van der Waals surface area contributed by atoms with Gasteiger partial charge in [-0.3, -0.25) is 0 Å². The van der Waals surface area contributed by atoms with Crippen LogP contribution in [0, 0.1) is 0 Å². The minimum atomic E-state index is 0.438. The summed E-state index contributed by atoms with van der Waals surface area (Å²) in [6.45, 7) is 10.4. The first-order valence-corrected chi connectivity index (χ1v) is 6.24. The van der Waals surface area contributed by atoms with Crippen LogP contribution in [0.3, 0.4) is 0 Å². The Hall–Kier alpha value is -0.340. The van der Waals surface area contributed by atoms with Crippen LogP contribution in [0.25, 0.3) is 0 Å². The van der Waals surface area contributed by atoms with E-state index in [0.29, 0.717) is 12.1 Å². The highest BCUT2D eigenvalue weighted by Crippen LogP contribution is 2.19. The van der Waals surface area contributed by atoms with Gasteiger partial charge < -0.3 is 10.1 Å². The van der Waals surface area contributed by atoms with Crippen LogP contribution in [0.1, 0.15) is 46.0 Å². The third kappa shape index (κ3) is 4.80. The number of hydrogen-bond donors (Lipinski definition) is 1. The van der Waals surface area contributed by atoms with Crippen molar-refractivity contribution in [1.82, 2.24) is 5.32 Å². The molecule has 0 aliphatic carbocycles. The Morgan fingerprint density at radius 1 is 1.53 bits per heavy atom. The van der Waals surface area contributed by atoms with Crippen molar-refractivity contribution < 1.29 is 4.74 Å². The Balaban J connectivity index is 2.31. The summed E-state index contributed by atoms with van der Waals surface area (Å²) in [5.74, 6) is 0. The van der Waals surface area contributed by atoms with E-state index in [-0.39, 0.29) is 0 Å². The summed E-state index contributed by atoms with van der Waals surface area (Å²) >= 11 is 0. The maximum atomic E-state index is 5.76. The average molecular weight is 211 g/mol. The van der Waals surface area contributed by atoms with E-state index in [2.05, 4.69) is 25.7 Å². The Morgan fingerprint density at radius 3 is 2.87 bits per heavy atom. The summed E-state index contributed by atoms with van der Waals surface area (Å²) < 4.78 is 5.76. The molecule has 1 saturated heterocycles. The lowest BCUT2D eigenvalue weighted by molar-refractivity contribution is 0.00730. The van der Waals surface area contributed by atoms with Crippen molar-refractivity contribution in [1.29, 1.82) is 0 Å². The van der Waals surface area contributed by atoms with Crippen molar-refractivity contribution in [3.8, 4) is 0 Å². The van der Waals surface area contributed by atoms with Crippen LogP contribution >= 0.6 is 0 Å². The summed E-state index contributed by atoms with van der Waals surface area (Å²) in [4.78, 5) is 0. The van der Waals surface area contributed by atoms with Crippen LogP contribution in [0.5, 0.6) is 0 Å². The molecule has 1 heterocycles. The monoisotopic (exact) mass is 211 g/mol. The first-order valence-electron chi connectivity index (χ1n) is 6.24. The Labute approximate surface area is 94.1 Å². The van der Waals surface area contributed by atoms with Gasteiger partial charge in [0.25, 0.3) is 0 Å². The summed E-state index contributed by atoms with van der Waals surface area (Å²) in [5, 5.41) is 3.54. The third-order valence-electron chi connectivity index (χ3n) is 3.01. The maximum Gasteiger partial charge on any atom is 0.0593 e. The van der Waals surface area contributed by atoms with Crippen LogP contribution in [0.2, 0.25) is 0 Å². The second-order valence-electron chi connectivity index (χ2n) is 4.58. The molecule has 1 aliphatic heterocycles. The number of hydrogen-bond acceptors (Lipinski definition) is 2. The number of nitrogens with one attached hydrogen (secondary N) is 1. The summed E-state index contributed by atoms with van der Waals surface area (Å²) in [6, 6.07) is 0.438. The predicted molar refractivity (Wildman–Crippen MR) is 65.1 cm³/mol. The molecular formula is C13H25NO. The van der Waals surface area contributed by atoms with E-state index in [1.165, 1.54) is 31.3 Å². The van der Waals surface area contributed by atoms with Crippen molar-refractivity contribution in [2.24, 2.45) is 0 Å². The lowest BCUT2D eigenvalue weighted by atomic mass is 9.98. The van der Waals surface area contributed by atoms with Crippen molar-refractivity contribution in [2.75, 3.05) is 13.2 Å². The van der Waals surface area contributed by atoms with E-state index in [9.17, 15) is 0 Å². The van der Waals surface area contributed by atoms with Crippen molar-refractivity contribution in [3.63, 3.8) is 0 Å². The van der Waals surface area contributed by atoms with Gasteiger partial charge in [-0.15, -0.1) is 0 Å². The molecule has 0 aromatic carbocycles. The fourth-order valence-electron chi connectivity index (χ4n) is 2.03. The van der Waals surface area contributed by atoms with E-state index >= 15 is 0 Å². The summed E-state index contributed by atoms with van der Waals surface area (Å²) in [6.07, 6.45) is 6.49. The van der Waals surface area contributed by atoms with Gasteiger partial charge >= 0.3 is 0 Å². The molecular weight excluding hydrogens is 186 g/mol. The molecule has 2 unspecified atom stereocenters. The standard InChI is InChI=1S/C13H25NO/c1-4-8-14-13(11(2)3)10-12-7-5-6-9-15-12/h12-14H,2,4-10H2,1,3H3. The molecule has 0 aromatic heterocycles. The molecule has 0 aromatic rings. The number of ether oxygens (including phenoxy) is 1. The summed E-state index contributed by atoms with van der Waals surface area (Å²) in [5.41, 5.74) is 1.23. The van der Waals surface area contributed by atoms with Gasteiger partial charge in [0.1, 0.15) is 0 Å². The zero-order chi connectivity index (χ0) is 11.1. The van der Waals surface area contributed by atoms with Crippen LogP contribution in [-0.4, -0.2) is 25.3 Å². The lowest BCUT2D eigenvalue weighted by Crippen LogP contribution is -2.35. The quantitative estimate of drug-likeness (QED) is 0.682. The second kappa shape index (κ2) is 7.02. The molecule has 1 aliphatic rings. The van der Waals surface area contributed by atoms with Gasteiger partial charge in [0.05, 0.1) is 6.10 Å². The molecule has 2 heteroatoms. The molecule has 1 fully saturated rings. The first kappa shape index (κ1) is 12.7. The molecule has 0 spiro atoms. The molecule has 88 valence electrons.